The zero-order valence-corrected chi connectivity index (χ0v) is 22.5. The molecule has 2 aliphatic rings. The summed E-state index contributed by atoms with van der Waals surface area (Å²) in [5.74, 6) is -0.674. The average Bonchev–Trinajstić information content (AvgIpc) is 3.34. The minimum absolute atomic E-state index is 0.0407. The standard InChI is InChI=1S/C31H30BFN2O4/c1-30(2)31(3,4)39-32(38-30)22(15-20-13-14-21(17-34)28(33)16-20)18-35-29(36)37-19-27-25-11-7-5-9-23(25)24-10-6-8-12-26(24)27/h5-16,27H,18-19H2,1-4H3,(H,35,36). The van der Waals surface area contributed by atoms with Crippen molar-refractivity contribution < 1.29 is 23.2 Å². The molecule has 0 unspecified atom stereocenters. The third kappa shape index (κ3) is 5.20. The molecule has 0 radical (unpaired) electrons. The molecule has 3 aromatic carbocycles. The zero-order chi connectivity index (χ0) is 27.8. The normalized spacial score (nSPS) is 17.3. The molecule has 1 heterocycles. The SMILES string of the molecule is CC1(C)OB(C(=Cc2ccc(C#N)c(F)c2)CNC(=O)OCC2c3ccccc3-c3ccccc32)OC1(C)C. The van der Waals surface area contributed by atoms with Crippen LogP contribution in [0.2, 0.25) is 0 Å². The van der Waals surface area contributed by atoms with Crippen LogP contribution in [0.5, 0.6) is 0 Å². The van der Waals surface area contributed by atoms with Gasteiger partial charge in [0.2, 0.25) is 0 Å². The first kappa shape index (κ1) is 26.7. The molecule has 1 aliphatic carbocycles. The van der Waals surface area contributed by atoms with E-state index in [9.17, 15) is 9.18 Å². The topological polar surface area (TPSA) is 80.6 Å². The molecular weight excluding hydrogens is 494 g/mol. The molecule has 1 fully saturated rings. The van der Waals surface area contributed by atoms with E-state index in [1.165, 1.54) is 12.1 Å². The van der Waals surface area contributed by atoms with Gasteiger partial charge in [-0.2, -0.15) is 5.26 Å². The molecule has 1 N–H and O–H groups in total. The van der Waals surface area contributed by atoms with E-state index in [1.54, 1.807) is 12.1 Å². The predicted molar refractivity (Wildman–Crippen MR) is 148 cm³/mol. The lowest BCUT2D eigenvalue weighted by molar-refractivity contribution is 0.00578. The Morgan fingerprint density at radius 1 is 1.03 bits per heavy atom. The number of carbonyl (C=O) groups is 1. The number of halogens is 1. The van der Waals surface area contributed by atoms with Gasteiger partial charge in [0.25, 0.3) is 0 Å². The van der Waals surface area contributed by atoms with Gasteiger partial charge in [-0.05, 0) is 73.1 Å². The number of hydrogen-bond donors (Lipinski definition) is 1. The summed E-state index contributed by atoms with van der Waals surface area (Å²) in [4.78, 5) is 12.8. The fraction of sp³-hybridized carbons (Fsp3) is 0.290. The van der Waals surface area contributed by atoms with Crippen LogP contribution in [0.3, 0.4) is 0 Å². The van der Waals surface area contributed by atoms with Crippen LogP contribution >= 0.6 is 0 Å². The highest BCUT2D eigenvalue weighted by atomic mass is 19.1. The maximum absolute atomic E-state index is 14.3. The van der Waals surface area contributed by atoms with Crippen molar-refractivity contribution in [3.05, 3.63) is 100 Å². The van der Waals surface area contributed by atoms with Crippen LogP contribution < -0.4 is 5.32 Å². The number of hydrogen-bond acceptors (Lipinski definition) is 5. The Morgan fingerprint density at radius 3 is 2.18 bits per heavy atom. The van der Waals surface area contributed by atoms with Crippen molar-refractivity contribution in [3.63, 3.8) is 0 Å². The van der Waals surface area contributed by atoms with Crippen molar-refractivity contribution >= 4 is 19.3 Å². The Balaban J connectivity index is 1.31. The Bertz CT molecular complexity index is 1430. The minimum atomic E-state index is -0.761. The lowest BCUT2D eigenvalue weighted by atomic mass is 9.77. The molecule has 198 valence electrons. The van der Waals surface area contributed by atoms with Crippen molar-refractivity contribution in [2.75, 3.05) is 13.2 Å². The largest absolute Gasteiger partial charge is 0.492 e. The van der Waals surface area contributed by atoms with Crippen molar-refractivity contribution in [2.45, 2.75) is 44.8 Å². The highest BCUT2D eigenvalue weighted by Gasteiger charge is 2.52. The van der Waals surface area contributed by atoms with E-state index in [0.717, 1.165) is 22.3 Å². The second-order valence-corrected chi connectivity index (χ2v) is 10.8. The van der Waals surface area contributed by atoms with E-state index in [0.29, 0.717) is 11.0 Å². The van der Waals surface area contributed by atoms with Gasteiger partial charge in [-0.25, -0.2) is 9.18 Å². The number of amides is 1. The first-order chi connectivity index (χ1) is 18.6. The smallest absolute Gasteiger partial charge is 0.449 e. The van der Waals surface area contributed by atoms with Gasteiger partial charge in [0, 0.05) is 12.5 Å². The van der Waals surface area contributed by atoms with E-state index in [2.05, 4.69) is 29.6 Å². The summed E-state index contributed by atoms with van der Waals surface area (Å²) < 4.78 is 32.4. The van der Waals surface area contributed by atoms with Crippen molar-refractivity contribution in [2.24, 2.45) is 0 Å². The first-order valence-corrected chi connectivity index (χ1v) is 12.9. The third-order valence-electron chi connectivity index (χ3n) is 7.80. The van der Waals surface area contributed by atoms with E-state index in [4.69, 9.17) is 19.3 Å². The van der Waals surface area contributed by atoms with Gasteiger partial charge in [-0.1, -0.05) is 60.7 Å². The van der Waals surface area contributed by atoms with Gasteiger partial charge in [0.15, 0.2) is 0 Å². The highest BCUT2D eigenvalue weighted by molar-refractivity contribution is 6.56. The van der Waals surface area contributed by atoms with E-state index >= 15 is 0 Å². The maximum atomic E-state index is 14.3. The van der Waals surface area contributed by atoms with Gasteiger partial charge in [0.1, 0.15) is 18.5 Å². The summed E-state index contributed by atoms with van der Waals surface area (Å²) in [5.41, 5.74) is 4.44. The Kier molecular flexibility index (Phi) is 7.06. The number of fused-ring (bicyclic) bond motifs is 3. The molecule has 3 aromatic rings. The molecule has 5 rings (SSSR count). The quantitative estimate of drug-likeness (QED) is 0.386. The number of nitriles is 1. The van der Waals surface area contributed by atoms with Crippen LogP contribution in [0.4, 0.5) is 9.18 Å². The Labute approximate surface area is 228 Å². The summed E-state index contributed by atoms with van der Waals surface area (Å²) >= 11 is 0. The van der Waals surface area contributed by atoms with Gasteiger partial charge in [-0.15, -0.1) is 0 Å². The van der Waals surface area contributed by atoms with Gasteiger partial charge in [0.05, 0.1) is 16.8 Å². The predicted octanol–water partition coefficient (Wildman–Crippen LogP) is 6.25. The number of benzene rings is 3. The summed E-state index contributed by atoms with van der Waals surface area (Å²) in [5, 5.41) is 11.9. The second-order valence-electron chi connectivity index (χ2n) is 10.8. The number of alkyl carbamates (subject to hydrolysis) is 1. The van der Waals surface area contributed by atoms with Crippen LogP contribution in [-0.2, 0) is 14.0 Å². The summed E-state index contributed by atoms with van der Waals surface area (Å²) in [6.45, 7) is 8.00. The molecule has 1 saturated heterocycles. The Morgan fingerprint density at radius 2 is 1.62 bits per heavy atom. The monoisotopic (exact) mass is 524 g/mol. The number of carbonyl (C=O) groups excluding carboxylic acids is 1. The number of ether oxygens (including phenoxy) is 1. The third-order valence-corrected chi connectivity index (χ3v) is 7.80. The molecule has 1 amide bonds. The Hall–Kier alpha value is -3.93. The summed E-state index contributed by atoms with van der Waals surface area (Å²) in [6, 6.07) is 22.5. The molecule has 0 atom stereocenters. The highest BCUT2D eigenvalue weighted by Crippen LogP contribution is 2.44. The van der Waals surface area contributed by atoms with Crippen LogP contribution in [0.15, 0.2) is 72.2 Å². The van der Waals surface area contributed by atoms with Crippen LogP contribution in [0, 0.1) is 17.1 Å². The van der Waals surface area contributed by atoms with Crippen molar-refractivity contribution in [3.8, 4) is 17.2 Å². The second kappa shape index (κ2) is 10.3. The molecule has 0 aromatic heterocycles. The van der Waals surface area contributed by atoms with Gasteiger partial charge in [-0.3, -0.25) is 0 Å². The zero-order valence-electron chi connectivity index (χ0n) is 22.5. The lowest BCUT2D eigenvalue weighted by Crippen LogP contribution is -2.41. The molecule has 0 bridgehead atoms. The average molecular weight is 524 g/mol. The summed E-state index contributed by atoms with van der Waals surface area (Å²) in [6.07, 6.45) is 1.13. The number of nitrogens with zero attached hydrogens (tertiary/aromatic N) is 1. The molecule has 8 heteroatoms. The van der Waals surface area contributed by atoms with Gasteiger partial charge >= 0.3 is 13.2 Å². The molecule has 0 saturated carbocycles. The first-order valence-electron chi connectivity index (χ1n) is 12.9. The van der Waals surface area contributed by atoms with E-state index < -0.39 is 30.2 Å². The summed E-state index contributed by atoms with van der Waals surface area (Å²) in [7, 11) is -0.761. The van der Waals surface area contributed by atoms with Crippen molar-refractivity contribution in [1.82, 2.24) is 5.32 Å². The lowest BCUT2D eigenvalue weighted by Gasteiger charge is -2.32. The van der Waals surface area contributed by atoms with E-state index in [-0.39, 0.29) is 24.6 Å². The van der Waals surface area contributed by atoms with Crippen molar-refractivity contribution in [1.29, 1.82) is 5.26 Å². The number of nitrogens with one attached hydrogen (secondary N) is 1. The molecule has 0 spiro atoms. The van der Waals surface area contributed by atoms with Crippen LogP contribution in [0.25, 0.3) is 17.2 Å². The minimum Gasteiger partial charge on any atom is -0.449 e. The maximum Gasteiger partial charge on any atom is 0.492 e. The molecular formula is C31H30BFN2O4. The van der Waals surface area contributed by atoms with Crippen LogP contribution in [-0.4, -0.2) is 37.6 Å². The molecule has 6 nitrogen and oxygen atoms in total. The van der Waals surface area contributed by atoms with Gasteiger partial charge < -0.3 is 19.4 Å². The molecule has 39 heavy (non-hydrogen) atoms. The fourth-order valence-corrected chi connectivity index (χ4v) is 4.95. The number of rotatable bonds is 6. The molecule has 1 aliphatic heterocycles. The fourth-order valence-electron chi connectivity index (χ4n) is 4.95. The van der Waals surface area contributed by atoms with Crippen LogP contribution in [0.1, 0.15) is 55.9 Å². The van der Waals surface area contributed by atoms with E-state index in [1.807, 2.05) is 58.0 Å².